The largest absolute Gasteiger partial charge is 0.380 e. The van der Waals surface area contributed by atoms with E-state index in [1.165, 1.54) is 0 Å². The predicted octanol–water partition coefficient (Wildman–Crippen LogP) is 0.330. The molecule has 0 aromatic heterocycles. The van der Waals surface area contributed by atoms with Crippen LogP contribution in [-0.4, -0.2) is 46.5 Å². The Balaban J connectivity index is 3.82. The summed E-state index contributed by atoms with van der Waals surface area (Å²) in [4.78, 5) is 0. The molecule has 98 valence electrons. The number of ether oxygens (including phenoxy) is 1. The molecule has 0 saturated heterocycles. The van der Waals surface area contributed by atoms with E-state index in [0.717, 1.165) is 13.0 Å². The first-order chi connectivity index (χ1) is 7.54. The highest BCUT2D eigenvalue weighted by Crippen LogP contribution is 1.96. The average Bonchev–Trinajstić information content (AvgIpc) is 2.24. The first-order valence-corrected chi connectivity index (χ1v) is 7.36. The summed E-state index contributed by atoms with van der Waals surface area (Å²) in [5.41, 5.74) is 0. The topological polar surface area (TPSA) is 67.4 Å². The number of rotatable bonds is 10. The Kier molecular flexibility index (Phi) is 8.83. The van der Waals surface area contributed by atoms with Crippen molar-refractivity contribution in [3.8, 4) is 0 Å². The Morgan fingerprint density at radius 3 is 2.50 bits per heavy atom. The standard InChI is InChI=1S/C10H24N2O3S/c1-4-6-11-9-10(3)16(13,14)12-7-8-15-5-2/h10-12H,4-9H2,1-3H3. The lowest BCUT2D eigenvalue weighted by atomic mass is 10.4. The van der Waals surface area contributed by atoms with Gasteiger partial charge in [0.15, 0.2) is 0 Å². The molecule has 0 amide bonds. The number of hydrogen-bond acceptors (Lipinski definition) is 4. The third-order valence-electron chi connectivity index (χ3n) is 2.14. The summed E-state index contributed by atoms with van der Waals surface area (Å²) in [5, 5.41) is 2.68. The number of nitrogens with one attached hydrogen (secondary N) is 2. The summed E-state index contributed by atoms with van der Waals surface area (Å²) in [6.45, 7) is 8.33. The highest BCUT2D eigenvalue weighted by atomic mass is 32.2. The number of hydrogen-bond donors (Lipinski definition) is 2. The van der Waals surface area contributed by atoms with Crippen LogP contribution >= 0.6 is 0 Å². The molecule has 1 unspecified atom stereocenters. The van der Waals surface area contributed by atoms with Crippen LogP contribution in [0.4, 0.5) is 0 Å². The molecule has 0 aromatic rings. The van der Waals surface area contributed by atoms with E-state index < -0.39 is 15.3 Å². The van der Waals surface area contributed by atoms with Gasteiger partial charge in [-0.05, 0) is 26.8 Å². The minimum absolute atomic E-state index is 0.342. The van der Waals surface area contributed by atoms with Gasteiger partial charge < -0.3 is 10.1 Å². The fourth-order valence-electron chi connectivity index (χ4n) is 1.13. The third-order valence-corrected chi connectivity index (χ3v) is 3.97. The molecule has 0 aliphatic carbocycles. The van der Waals surface area contributed by atoms with E-state index in [0.29, 0.717) is 26.3 Å². The lowest BCUT2D eigenvalue weighted by molar-refractivity contribution is 0.153. The van der Waals surface area contributed by atoms with E-state index in [1.54, 1.807) is 6.92 Å². The minimum atomic E-state index is -3.21. The smallest absolute Gasteiger partial charge is 0.215 e. The van der Waals surface area contributed by atoms with Gasteiger partial charge in [0.1, 0.15) is 0 Å². The van der Waals surface area contributed by atoms with Crippen LogP contribution < -0.4 is 10.0 Å². The van der Waals surface area contributed by atoms with Crippen LogP contribution in [0.1, 0.15) is 27.2 Å². The van der Waals surface area contributed by atoms with Crippen LogP contribution in [-0.2, 0) is 14.8 Å². The summed E-state index contributed by atoms with van der Waals surface area (Å²) in [7, 11) is -3.21. The van der Waals surface area contributed by atoms with E-state index >= 15 is 0 Å². The van der Waals surface area contributed by atoms with Gasteiger partial charge in [-0.1, -0.05) is 6.92 Å². The number of sulfonamides is 1. The molecule has 0 rings (SSSR count). The second kappa shape index (κ2) is 8.92. The monoisotopic (exact) mass is 252 g/mol. The van der Waals surface area contributed by atoms with Crippen molar-refractivity contribution in [1.29, 1.82) is 0 Å². The summed E-state index contributed by atoms with van der Waals surface area (Å²) in [6, 6.07) is 0. The Bertz CT molecular complexity index is 255. The van der Waals surface area contributed by atoms with Gasteiger partial charge in [-0.3, -0.25) is 0 Å². The molecule has 5 nitrogen and oxygen atoms in total. The average molecular weight is 252 g/mol. The summed E-state index contributed by atoms with van der Waals surface area (Å²) >= 11 is 0. The zero-order valence-electron chi connectivity index (χ0n) is 10.5. The van der Waals surface area contributed by atoms with E-state index in [9.17, 15) is 8.42 Å². The van der Waals surface area contributed by atoms with Gasteiger partial charge in [-0.15, -0.1) is 0 Å². The van der Waals surface area contributed by atoms with Crippen LogP contribution in [0.15, 0.2) is 0 Å². The summed E-state index contributed by atoms with van der Waals surface area (Å²) in [6.07, 6.45) is 1.00. The molecule has 16 heavy (non-hydrogen) atoms. The highest BCUT2D eigenvalue weighted by molar-refractivity contribution is 7.90. The van der Waals surface area contributed by atoms with Crippen molar-refractivity contribution in [3.05, 3.63) is 0 Å². The van der Waals surface area contributed by atoms with Crippen molar-refractivity contribution in [2.75, 3.05) is 32.8 Å². The van der Waals surface area contributed by atoms with Gasteiger partial charge >= 0.3 is 0 Å². The molecule has 0 fully saturated rings. The Morgan fingerprint density at radius 1 is 1.25 bits per heavy atom. The van der Waals surface area contributed by atoms with Gasteiger partial charge in [0.05, 0.1) is 11.9 Å². The zero-order chi connectivity index (χ0) is 12.4. The fourth-order valence-corrected chi connectivity index (χ4v) is 2.12. The Morgan fingerprint density at radius 2 is 1.94 bits per heavy atom. The molecule has 0 bridgehead atoms. The Labute approximate surface area is 99.0 Å². The molecular formula is C10H24N2O3S. The molecule has 1 atom stereocenters. The van der Waals surface area contributed by atoms with Gasteiger partial charge in [-0.25, -0.2) is 13.1 Å². The van der Waals surface area contributed by atoms with Gasteiger partial charge in [-0.2, -0.15) is 0 Å². The highest BCUT2D eigenvalue weighted by Gasteiger charge is 2.19. The van der Waals surface area contributed by atoms with Crippen LogP contribution in [0, 0.1) is 0 Å². The molecule has 0 radical (unpaired) electrons. The first-order valence-electron chi connectivity index (χ1n) is 5.81. The lowest BCUT2D eigenvalue weighted by Gasteiger charge is -2.14. The SMILES string of the molecule is CCCNCC(C)S(=O)(=O)NCCOCC. The van der Waals surface area contributed by atoms with Crippen molar-refractivity contribution in [3.63, 3.8) is 0 Å². The lowest BCUT2D eigenvalue weighted by Crippen LogP contribution is -2.40. The maximum absolute atomic E-state index is 11.7. The first kappa shape index (κ1) is 15.8. The van der Waals surface area contributed by atoms with Gasteiger partial charge in [0.2, 0.25) is 10.0 Å². The molecule has 0 spiro atoms. The molecule has 0 heterocycles. The molecule has 0 saturated carbocycles. The van der Waals surface area contributed by atoms with E-state index in [2.05, 4.69) is 10.0 Å². The van der Waals surface area contributed by atoms with Crippen molar-refractivity contribution in [1.82, 2.24) is 10.0 Å². The van der Waals surface area contributed by atoms with Crippen LogP contribution in [0.2, 0.25) is 0 Å². The quantitative estimate of drug-likeness (QED) is 0.550. The molecule has 0 aliphatic heterocycles. The zero-order valence-corrected chi connectivity index (χ0v) is 11.3. The van der Waals surface area contributed by atoms with E-state index in [1.807, 2.05) is 13.8 Å². The van der Waals surface area contributed by atoms with Crippen LogP contribution in [0.5, 0.6) is 0 Å². The molecule has 0 aliphatic rings. The van der Waals surface area contributed by atoms with Crippen molar-refractivity contribution in [2.24, 2.45) is 0 Å². The molecular weight excluding hydrogens is 228 g/mol. The van der Waals surface area contributed by atoms with E-state index in [4.69, 9.17) is 4.74 Å². The Hall–Kier alpha value is -0.170. The van der Waals surface area contributed by atoms with E-state index in [-0.39, 0.29) is 0 Å². The normalized spacial score (nSPS) is 13.9. The van der Waals surface area contributed by atoms with Crippen molar-refractivity contribution < 1.29 is 13.2 Å². The second-order valence-corrected chi connectivity index (χ2v) is 5.83. The van der Waals surface area contributed by atoms with Crippen LogP contribution in [0.3, 0.4) is 0 Å². The fraction of sp³-hybridized carbons (Fsp3) is 1.00. The minimum Gasteiger partial charge on any atom is -0.380 e. The summed E-state index contributed by atoms with van der Waals surface area (Å²) < 4.78 is 31.0. The van der Waals surface area contributed by atoms with Crippen LogP contribution in [0.25, 0.3) is 0 Å². The third kappa shape index (κ3) is 7.16. The summed E-state index contributed by atoms with van der Waals surface area (Å²) in [5.74, 6) is 0. The maximum atomic E-state index is 11.7. The molecule has 6 heteroatoms. The predicted molar refractivity (Wildman–Crippen MR) is 66.0 cm³/mol. The van der Waals surface area contributed by atoms with Gasteiger partial charge in [0, 0.05) is 19.7 Å². The second-order valence-electron chi connectivity index (χ2n) is 3.65. The molecule has 2 N–H and O–H groups in total. The van der Waals surface area contributed by atoms with Crippen molar-refractivity contribution in [2.45, 2.75) is 32.4 Å². The van der Waals surface area contributed by atoms with Gasteiger partial charge in [0.25, 0.3) is 0 Å². The maximum Gasteiger partial charge on any atom is 0.215 e. The molecule has 0 aromatic carbocycles. The van der Waals surface area contributed by atoms with Crippen molar-refractivity contribution >= 4 is 10.0 Å².